The predicted octanol–water partition coefficient (Wildman–Crippen LogP) is 3.97. The van der Waals surface area contributed by atoms with Gasteiger partial charge in [-0.15, -0.1) is 5.10 Å². The molecule has 0 aliphatic rings. The normalized spacial score (nSPS) is 12.6. The molecule has 1 N–H and O–H groups in total. The third-order valence-electron chi connectivity index (χ3n) is 3.27. The molecule has 0 fully saturated rings. The van der Waals surface area contributed by atoms with E-state index in [0.717, 1.165) is 15.7 Å². The van der Waals surface area contributed by atoms with Crippen LogP contribution >= 0.6 is 15.9 Å². The van der Waals surface area contributed by atoms with E-state index in [1.807, 2.05) is 37.4 Å². The van der Waals surface area contributed by atoms with Crippen molar-refractivity contribution in [3.63, 3.8) is 0 Å². The lowest BCUT2D eigenvalue weighted by Crippen LogP contribution is -2.07. The molecule has 0 amide bonds. The highest BCUT2D eigenvalue weighted by molar-refractivity contribution is 9.10. The van der Waals surface area contributed by atoms with E-state index in [9.17, 15) is 0 Å². The molecule has 0 saturated carbocycles. The zero-order valence-electron chi connectivity index (χ0n) is 11.3. The summed E-state index contributed by atoms with van der Waals surface area (Å²) in [5.41, 5.74) is 3.20. The van der Waals surface area contributed by atoms with Crippen molar-refractivity contribution in [1.29, 1.82) is 0 Å². The largest absolute Gasteiger partial charge is 0.346 e. The van der Waals surface area contributed by atoms with Crippen molar-refractivity contribution < 1.29 is 0 Å². The van der Waals surface area contributed by atoms with Gasteiger partial charge < -0.3 is 5.32 Å². The summed E-state index contributed by atoms with van der Waals surface area (Å²) in [6.07, 6.45) is 1.91. The Bertz CT molecular complexity index is 733. The van der Waals surface area contributed by atoms with E-state index in [4.69, 9.17) is 0 Å². The fourth-order valence-electron chi connectivity index (χ4n) is 2.13. The number of aryl methyl sites for hydroxylation is 1. The van der Waals surface area contributed by atoms with E-state index >= 15 is 0 Å². The molecule has 0 spiro atoms. The second-order valence-corrected chi connectivity index (χ2v) is 5.73. The number of nitrogens with zero attached hydrogens (tertiary/aromatic N) is 3. The molecule has 0 saturated heterocycles. The topological polar surface area (TPSA) is 42.2 Å². The number of fused-ring (bicyclic) bond motifs is 1. The van der Waals surface area contributed by atoms with Crippen LogP contribution in [0.15, 0.2) is 47.1 Å². The van der Waals surface area contributed by atoms with Gasteiger partial charge in [0, 0.05) is 10.7 Å². The number of anilines is 1. The van der Waals surface area contributed by atoms with Gasteiger partial charge in [-0.25, -0.2) is 4.52 Å². The highest BCUT2D eigenvalue weighted by Crippen LogP contribution is 2.20. The molecular weight excluding hydrogens is 316 g/mol. The molecule has 2 heterocycles. The predicted molar refractivity (Wildman–Crippen MR) is 83.9 cm³/mol. The van der Waals surface area contributed by atoms with Gasteiger partial charge in [0.2, 0.25) is 5.95 Å². The maximum Gasteiger partial charge on any atom is 0.243 e. The van der Waals surface area contributed by atoms with Crippen LogP contribution in [0.25, 0.3) is 5.65 Å². The van der Waals surface area contributed by atoms with Gasteiger partial charge in [-0.1, -0.05) is 34.1 Å². The molecule has 1 atom stereocenters. The van der Waals surface area contributed by atoms with Crippen molar-refractivity contribution in [2.45, 2.75) is 19.9 Å². The monoisotopic (exact) mass is 330 g/mol. The number of hydrogen-bond acceptors (Lipinski definition) is 3. The molecule has 3 rings (SSSR count). The second-order valence-electron chi connectivity index (χ2n) is 4.81. The number of rotatable bonds is 3. The standard InChI is InChI=1S/C15H15BrN4/c1-10-4-3-9-20-14(10)18-15(19-20)17-11(2)12-5-7-13(16)8-6-12/h3-9,11H,1-2H3,(H,17,19). The number of aromatic nitrogens is 3. The highest BCUT2D eigenvalue weighted by Gasteiger charge is 2.10. The maximum atomic E-state index is 4.53. The molecule has 1 unspecified atom stereocenters. The fraction of sp³-hybridized carbons (Fsp3) is 0.200. The van der Waals surface area contributed by atoms with Crippen molar-refractivity contribution in [3.8, 4) is 0 Å². The van der Waals surface area contributed by atoms with Gasteiger partial charge >= 0.3 is 0 Å². The molecule has 4 nitrogen and oxygen atoms in total. The molecule has 0 radical (unpaired) electrons. The zero-order valence-corrected chi connectivity index (χ0v) is 12.9. The molecule has 20 heavy (non-hydrogen) atoms. The summed E-state index contributed by atoms with van der Waals surface area (Å²) in [6.45, 7) is 4.13. The van der Waals surface area contributed by atoms with Crippen LogP contribution in [-0.2, 0) is 0 Å². The van der Waals surface area contributed by atoms with E-state index < -0.39 is 0 Å². The molecular formula is C15H15BrN4. The van der Waals surface area contributed by atoms with Gasteiger partial charge in [-0.05, 0) is 43.2 Å². The first-order chi connectivity index (χ1) is 9.63. The van der Waals surface area contributed by atoms with Gasteiger partial charge in [0.15, 0.2) is 5.65 Å². The average molecular weight is 331 g/mol. The smallest absolute Gasteiger partial charge is 0.243 e. The Hall–Kier alpha value is -1.88. The molecule has 2 aromatic heterocycles. The van der Waals surface area contributed by atoms with E-state index in [0.29, 0.717) is 5.95 Å². The van der Waals surface area contributed by atoms with Crippen LogP contribution in [0.2, 0.25) is 0 Å². The number of hydrogen-bond donors (Lipinski definition) is 1. The van der Waals surface area contributed by atoms with Crippen LogP contribution in [-0.4, -0.2) is 14.6 Å². The SMILES string of the molecule is Cc1cccn2nc(NC(C)c3ccc(Br)cc3)nc12. The number of benzene rings is 1. The van der Waals surface area contributed by atoms with Crippen LogP contribution in [0, 0.1) is 6.92 Å². The van der Waals surface area contributed by atoms with Gasteiger partial charge in [0.1, 0.15) is 0 Å². The van der Waals surface area contributed by atoms with Gasteiger partial charge in [0.05, 0.1) is 6.04 Å². The lowest BCUT2D eigenvalue weighted by molar-refractivity contribution is 0.852. The molecule has 102 valence electrons. The second kappa shape index (κ2) is 5.25. The summed E-state index contributed by atoms with van der Waals surface area (Å²) in [5, 5.41) is 7.78. The molecule has 0 bridgehead atoms. The van der Waals surface area contributed by atoms with Crippen LogP contribution < -0.4 is 5.32 Å². The van der Waals surface area contributed by atoms with Crippen molar-refractivity contribution in [1.82, 2.24) is 14.6 Å². The zero-order chi connectivity index (χ0) is 14.1. The van der Waals surface area contributed by atoms with Gasteiger partial charge in [-0.2, -0.15) is 4.98 Å². The fourth-order valence-corrected chi connectivity index (χ4v) is 2.39. The summed E-state index contributed by atoms with van der Waals surface area (Å²) in [4.78, 5) is 4.53. The number of pyridine rings is 1. The molecule has 3 aromatic rings. The first-order valence-electron chi connectivity index (χ1n) is 6.47. The summed E-state index contributed by atoms with van der Waals surface area (Å²) < 4.78 is 2.88. The van der Waals surface area contributed by atoms with Gasteiger partial charge in [-0.3, -0.25) is 0 Å². The maximum absolute atomic E-state index is 4.53. The van der Waals surface area contributed by atoms with E-state index in [-0.39, 0.29) is 6.04 Å². The third kappa shape index (κ3) is 2.54. The lowest BCUT2D eigenvalue weighted by Gasteiger charge is -2.12. The molecule has 1 aromatic carbocycles. The summed E-state index contributed by atoms with van der Waals surface area (Å²) in [7, 11) is 0. The van der Waals surface area contributed by atoms with Crippen molar-refractivity contribution in [2.24, 2.45) is 0 Å². The Labute approximate surface area is 126 Å². The Morgan fingerprint density at radius 3 is 2.65 bits per heavy atom. The highest BCUT2D eigenvalue weighted by atomic mass is 79.9. The quantitative estimate of drug-likeness (QED) is 0.789. The first kappa shape index (κ1) is 13.1. The average Bonchev–Trinajstić information content (AvgIpc) is 2.83. The summed E-state index contributed by atoms with van der Waals surface area (Å²) in [6, 6.07) is 12.4. The summed E-state index contributed by atoms with van der Waals surface area (Å²) in [5.74, 6) is 0.648. The minimum Gasteiger partial charge on any atom is -0.346 e. The van der Waals surface area contributed by atoms with Crippen LogP contribution in [0.1, 0.15) is 24.1 Å². The third-order valence-corrected chi connectivity index (χ3v) is 3.80. The summed E-state index contributed by atoms with van der Waals surface area (Å²) >= 11 is 3.44. The Balaban J connectivity index is 1.85. The Morgan fingerprint density at radius 1 is 1.20 bits per heavy atom. The molecule has 0 aliphatic heterocycles. The van der Waals surface area contributed by atoms with Crippen molar-refractivity contribution >= 4 is 27.5 Å². The van der Waals surface area contributed by atoms with Crippen LogP contribution in [0.4, 0.5) is 5.95 Å². The van der Waals surface area contributed by atoms with Crippen LogP contribution in [0.5, 0.6) is 0 Å². The Morgan fingerprint density at radius 2 is 1.95 bits per heavy atom. The first-order valence-corrected chi connectivity index (χ1v) is 7.27. The molecule has 0 aliphatic carbocycles. The van der Waals surface area contributed by atoms with Crippen molar-refractivity contribution in [2.75, 3.05) is 5.32 Å². The van der Waals surface area contributed by atoms with Gasteiger partial charge in [0.25, 0.3) is 0 Å². The minimum absolute atomic E-state index is 0.154. The van der Waals surface area contributed by atoms with E-state index in [1.165, 1.54) is 5.56 Å². The van der Waals surface area contributed by atoms with E-state index in [2.05, 4.69) is 50.4 Å². The number of halogens is 1. The van der Waals surface area contributed by atoms with Crippen LogP contribution in [0.3, 0.4) is 0 Å². The lowest BCUT2D eigenvalue weighted by atomic mass is 10.1. The molecule has 5 heteroatoms. The van der Waals surface area contributed by atoms with Crippen molar-refractivity contribution in [3.05, 3.63) is 58.2 Å². The van der Waals surface area contributed by atoms with E-state index in [1.54, 1.807) is 4.52 Å². The minimum atomic E-state index is 0.154. The number of nitrogens with one attached hydrogen (secondary N) is 1. The Kier molecular flexibility index (Phi) is 3.44.